The number of ether oxygens (including phenoxy) is 2. The third-order valence-corrected chi connectivity index (χ3v) is 4.98. The van der Waals surface area contributed by atoms with Gasteiger partial charge in [0, 0.05) is 9.50 Å². The summed E-state index contributed by atoms with van der Waals surface area (Å²) in [4.78, 5) is 36.1. The quantitative estimate of drug-likeness (QED) is 0.154. The molecule has 3 aromatic carbocycles. The van der Waals surface area contributed by atoms with E-state index in [1.54, 1.807) is 18.2 Å². The first-order valence-electron chi connectivity index (χ1n) is 9.52. The number of hydrogen-bond donors (Lipinski definition) is 2. The van der Waals surface area contributed by atoms with Crippen LogP contribution in [0, 0.1) is 5.82 Å². The number of carbonyl (C=O) groups is 3. The molecule has 0 bridgehead atoms. The van der Waals surface area contributed by atoms with Crippen LogP contribution in [0.3, 0.4) is 0 Å². The predicted octanol–water partition coefficient (Wildman–Crippen LogP) is 4.56. The number of nitrogens with zero attached hydrogens (tertiary/aromatic N) is 1. The molecule has 8 nitrogen and oxygen atoms in total. The third kappa shape index (κ3) is 6.63. The minimum absolute atomic E-state index is 0.152. The van der Waals surface area contributed by atoms with E-state index in [2.05, 4.69) is 26.3 Å². The van der Waals surface area contributed by atoms with Crippen LogP contribution in [0.1, 0.15) is 15.9 Å². The molecule has 0 radical (unpaired) electrons. The van der Waals surface area contributed by atoms with Crippen LogP contribution in [0.4, 0.5) is 10.1 Å². The maximum atomic E-state index is 13.8. The Morgan fingerprint density at radius 1 is 1.00 bits per heavy atom. The minimum Gasteiger partial charge on any atom is -0.493 e. The van der Waals surface area contributed by atoms with Crippen molar-refractivity contribution in [3.63, 3.8) is 0 Å². The van der Waals surface area contributed by atoms with Gasteiger partial charge in [-0.05, 0) is 66.2 Å². The van der Waals surface area contributed by atoms with Crippen molar-refractivity contribution in [3.05, 3.63) is 87.1 Å². The number of hydrazone groups is 1. The second-order valence-electron chi connectivity index (χ2n) is 6.58. The monoisotopic (exact) mass is 547 g/mol. The molecule has 174 valence electrons. The molecule has 0 aromatic heterocycles. The van der Waals surface area contributed by atoms with Crippen molar-refractivity contribution < 1.29 is 28.2 Å². The van der Waals surface area contributed by atoms with Crippen LogP contribution in [0.5, 0.6) is 11.5 Å². The van der Waals surface area contributed by atoms with Gasteiger partial charge in [-0.25, -0.2) is 14.6 Å². The lowest BCUT2D eigenvalue weighted by Crippen LogP contribution is -2.32. The van der Waals surface area contributed by atoms with Crippen LogP contribution < -0.4 is 20.2 Å². The molecule has 0 saturated heterocycles. The van der Waals surface area contributed by atoms with Gasteiger partial charge in [-0.15, -0.1) is 0 Å². The molecule has 3 aromatic rings. The molecule has 2 N–H and O–H groups in total. The molecule has 0 atom stereocenters. The SMILES string of the molecule is COc1cc(/C=N/NC(=O)C(=O)Nc2ccc(Br)cc2F)ccc1OC(=O)c1ccc(Cl)cc1. The van der Waals surface area contributed by atoms with E-state index in [0.717, 1.165) is 6.07 Å². The van der Waals surface area contributed by atoms with Gasteiger partial charge in [0.2, 0.25) is 0 Å². The smallest absolute Gasteiger partial charge is 0.343 e. The predicted molar refractivity (Wildman–Crippen MR) is 128 cm³/mol. The van der Waals surface area contributed by atoms with E-state index in [9.17, 15) is 18.8 Å². The highest BCUT2D eigenvalue weighted by Crippen LogP contribution is 2.28. The highest BCUT2D eigenvalue weighted by Gasteiger charge is 2.16. The Morgan fingerprint density at radius 2 is 1.74 bits per heavy atom. The van der Waals surface area contributed by atoms with Gasteiger partial charge in [0.1, 0.15) is 5.82 Å². The first-order valence-corrected chi connectivity index (χ1v) is 10.7. The average Bonchev–Trinajstić information content (AvgIpc) is 2.81. The zero-order valence-electron chi connectivity index (χ0n) is 17.5. The van der Waals surface area contributed by atoms with Crippen LogP contribution in [0.2, 0.25) is 5.02 Å². The van der Waals surface area contributed by atoms with Crippen LogP contribution in [0.25, 0.3) is 0 Å². The van der Waals surface area contributed by atoms with Crippen LogP contribution in [0.15, 0.2) is 70.2 Å². The van der Waals surface area contributed by atoms with Crippen LogP contribution in [-0.2, 0) is 9.59 Å². The molecule has 0 fully saturated rings. The molecular formula is C23H16BrClFN3O5. The Hall–Kier alpha value is -3.76. The summed E-state index contributed by atoms with van der Waals surface area (Å²) in [5.74, 6) is -3.10. The van der Waals surface area contributed by atoms with Crippen molar-refractivity contribution in [3.8, 4) is 11.5 Å². The molecular weight excluding hydrogens is 533 g/mol. The van der Waals surface area contributed by atoms with Crippen LogP contribution >= 0.6 is 27.5 Å². The molecule has 0 spiro atoms. The zero-order chi connectivity index (χ0) is 24.7. The van der Waals surface area contributed by atoms with E-state index in [1.165, 1.54) is 49.7 Å². The lowest BCUT2D eigenvalue weighted by Gasteiger charge is -2.10. The Morgan fingerprint density at radius 3 is 2.41 bits per heavy atom. The Balaban J connectivity index is 1.61. The Labute approximate surface area is 206 Å². The normalized spacial score (nSPS) is 10.6. The number of rotatable bonds is 6. The number of methoxy groups -OCH3 is 1. The van der Waals surface area contributed by atoms with Gasteiger partial charge in [0.15, 0.2) is 11.5 Å². The van der Waals surface area contributed by atoms with Gasteiger partial charge >= 0.3 is 17.8 Å². The van der Waals surface area contributed by atoms with Gasteiger partial charge < -0.3 is 14.8 Å². The molecule has 0 heterocycles. The van der Waals surface area contributed by atoms with E-state index in [4.69, 9.17) is 21.1 Å². The van der Waals surface area contributed by atoms with E-state index < -0.39 is 23.6 Å². The fourth-order valence-electron chi connectivity index (χ4n) is 2.58. The third-order valence-electron chi connectivity index (χ3n) is 4.24. The van der Waals surface area contributed by atoms with Crippen molar-refractivity contribution in [2.75, 3.05) is 12.4 Å². The highest BCUT2D eigenvalue weighted by molar-refractivity contribution is 9.10. The fourth-order valence-corrected chi connectivity index (χ4v) is 3.04. The minimum atomic E-state index is -1.10. The summed E-state index contributed by atoms with van der Waals surface area (Å²) in [6.07, 6.45) is 1.25. The molecule has 2 amide bonds. The standard InChI is InChI=1S/C23H16BrClFN3O5/c1-33-20-10-13(2-9-19(20)34-23(32)14-3-6-16(25)7-4-14)12-27-29-22(31)21(30)28-18-8-5-15(24)11-17(18)26/h2-12H,1H3,(H,28,30)(H,29,31)/b27-12+. The van der Waals surface area contributed by atoms with E-state index in [0.29, 0.717) is 20.6 Å². The summed E-state index contributed by atoms with van der Waals surface area (Å²) in [5.41, 5.74) is 2.67. The molecule has 3 rings (SSSR count). The number of anilines is 1. The lowest BCUT2D eigenvalue weighted by atomic mass is 10.2. The van der Waals surface area contributed by atoms with Gasteiger partial charge in [-0.3, -0.25) is 9.59 Å². The van der Waals surface area contributed by atoms with Crippen molar-refractivity contribution in [2.45, 2.75) is 0 Å². The van der Waals surface area contributed by atoms with Gasteiger partial charge in [0.05, 0.1) is 24.6 Å². The molecule has 11 heteroatoms. The van der Waals surface area contributed by atoms with E-state index >= 15 is 0 Å². The summed E-state index contributed by atoms with van der Waals surface area (Å²) in [6.45, 7) is 0. The summed E-state index contributed by atoms with van der Waals surface area (Å²) in [7, 11) is 1.39. The molecule has 0 unspecified atom stereocenters. The maximum Gasteiger partial charge on any atom is 0.343 e. The molecule has 0 saturated carbocycles. The van der Waals surface area contributed by atoms with Crippen molar-refractivity contribution in [2.24, 2.45) is 5.10 Å². The first-order chi connectivity index (χ1) is 16.3. The topological polar surface area (TPSA) is 106 Å². The number of amides is 2. The average molecular weight is 549 g/mol. The van der Waals surface area contributed by atoms with Crippen molar-refractivity contribution in [1.29, 1.82) is 0 Å². The van der Waals surface area contributed by atoms with Crippen molar-refractivity contribution in [1.82, 2.24) is 5.43 Å². The molecule has 0 aliphatic carbocycles. The number of halogens is 3. The Bertz CT molecular complexity index is 1270. The summed E-state index contributed by atoms with van der Waals surface area (Å²) < 4.78 is 24.9. The number of carbonyl (C=O) groups excluding carboxylic acids is 3. The highest BCUT2D eigenvalue weighted by atomic mass is 79.9. The van der Waals surface area contributed by atoms with Crippen molar-refractivity contribution >= 4 is 57.2 Å². The molecule has 0 aliphatic rings. The lowest BCUT2D eigenvalue weighted by molar-refractivity contribution is -0.136. The second kappa shape index (κ2) is 11.4. The van der Waals surface area contributed by atoms with Gasteiger partial charge in [-0.2, -0.15) is 5.10 Å². The fraction of sp³-hybridized carbons (Fsp3) is 0.0435. The summed E-state index contributed by atoms with van der Waals surface area (Å²) >= 11 is 8.92. The van der Waals surface area contributed by atoms with Crippen LogP contribution in [-0.4, -0.2) is 31.1 Å². The Kier molecular flexibility index (Phi) is 8.34. The molecule has 34 heavy (non-hydrogen) atoms. The van der Waals surface area contributed by atoms with Gasteiger partial charge in [0.25, 0.3) is 0 Å². The largest absolute Gasteiger partial charge is 0.493 e. The number of esters is 1. The zero-order valence-corrected chi connectivity index (χ0v) is 19.8. The summed E-state index contributed by atoms with van der Waals surface area (Å²) in [6, 6.07) is 14.7. The number of hydrogen-bond acceptors (Lipinski definition) is 6. The number of benzene rings is 3. The number of nitrogens with one attached hydrogen (secondary N) is 2. The second-order valence-corrected chi connectivity index (χ2v) is 7.94. The summed E-state index contributed by atoms with van der Waals surface area (Å²) in [5, 5.41) is 6.34. The first kappa shape index (κ1) is 24.9. The van der Waals surface area contributed by atoms with E-state index in [1.807, 2.05) is 5.43 Å². The molecule has 0 aliphatic heterocycles. The van der Waals surface area contributed by atoms with E-state index in [-0.39, 0.29) is 17.2 Å². The van der Waals surface area contributed by atoms with Gasteiger partial charge in [-0.1, -0.05) is 27.5 Å². The maximum absolute atomic E-state index is 13.8.